The van der Waals surface area contributed by atoms with Gasteiger partial charge in [-0.1, -0.05) is 6.58 Å². The molecule has 0 saturated carbocycles. The number of nitrogens with two attached hydrogens (primary N) is 1. The predicted octanol–water partition coefficient (Wildman–Crippen LogP) is -0.852. The first-order valence-electron chi connectivity index (χ1n) is 4.62. The number of esters is 3. The lowest BCUT2D eigenvalue weighted by Gasteiger charge is -2.19. The zero-order valence-corrected chi connectivity index (χ0v) is 9.89. The summed E-state index contributed by atoms with van der Waals surface area (Å²) in [6.07, 6.45) is -1.56. The largest absolute Gasteiger partial charge is 0.468 e. The number of ether oxygens (including phenoxy) is 3. The van der Waals surface area contributed by atoms with E-state index >= 15 is 0 Å². The second-order valence-corrected chi connectivity index (χ2v) is 3.18. The topological polar surface area (TPSA) is 105 Å². The van der Waals surface area contributed by atoms with Crippen molar-refractivity contribution in [2.45, 2.75) is 19.1 Å². The highest BCUT2D eigenvalue weighted by molar-refractivity contribution is 5.92. The van der Waals surface area contributed by atoms with Gasteiger partial charge in [-0.25, -0.2) is 9.59 Å². The minimum absolute atomic E-state index is 0.0657. The van der Waals surface area contributed by atoms with Gasteiger partial charge in [0.15, 0.2) is 6.04 Å². The van der Waals surface area contributed by atoms with E-state index in [4.69, 9.17) is 10.5 Å². The SMILES string of the molecule is C=C(C)C(=O)OC(C(=O)OC)[C@H](N)C(=O)OC. The van der Waals surface area contributed by atoms with E-state index in [9.17, 15) is 14.4 Å². The molecule has 0 amide bonds. The van der Waals surface area contributed by atoms with Gasteiger partial charge in [-0.05, 0) is 6.92 Å². The molecule has 0 spiro atoms. The van der Waals surface area contributed by atoms with Gasteiger partial charge in [0.1, 0.15) is 0 Å². The van der Waals surface area contributed by atoms with Crippen LogP contribution in [0.4, 0.5) is 0 Å². The molecule has 0 radical (unpaired) electrons. The number of carbonyl (C=O) groups excluding carboxylic acids is 3. The maximum Gasteiger partial charge on any atom is 0.349 e. The van der Waals surface area contributed by atoms with Gasteiger partial charge in [0.25, 0.3) is 0 Å². The molecule has 0 bridgehead atoms. The number of hydrogen-bond donors (Lipinski definition) is 1. The standard InChI is InChI=1S/C10H15NO6/c1-5(2)8(12)17-7(10(14)16-4)6(11)9(13)15-3/h6-7H,1,11H2,2-4H3/t6-,7?/m0/s1. The van der Waals surface area contributed by atoms with Crippen LogP contribution in [0, 0.1) is 0 Å². The lowest BCUT2D eigenvalue weighted by molar-refractivity contribution is -0.169. The molecule has 2 atom stereocenters. The summed E-state index contributed by atoms with van der Waals surface area (Å²) < 4.78 is 13.4. The Morgan fingerprint density at radius 3 is 1.94 bits per heavy atom. The average molecular weight is 245 g/mol. The molecule has 1 unspecified atom stereocenters. The van der Waals surface area contributed by atoms with Gasteiger partial charge >= 0.3 is 17.9 Å². The molecule has 0 fully saturated rings. The Hall–Kier alpha value is -1.89. The summed E-state index contributed by atoms with van der Waals surface area (Å²) in [6.45, 7) is 4.72. The molecule has 0 saturated heterocycles. The van der Waals surface area contributed by atoms with Crippen LogP contribution in [0.3, 0.4) is 0 Å². The van der Waals surface area contributed by atoms with Gasteiger partial charge in [-0.3, -0.25) is 4.79 Å². The Bertz CT molecular complexity index is 338. The minimum atomic E-state index is -1.56. The molecule has 7 heteroatoms. The van der Waals surface area contributed by atoms with E-state index < -0.39 is 30.1 Å². The van der Waals surface area contributed by atoms with Crippen LogP contribution in [0.1, 0.15) is 6.92 Å². The van der Waals surface area contributed by atoms with Crippen molar-refractivity contribution in [1.82, 2.24) is 0 Å². The van der Waals surface area contributed by atoms with Gasteiger partial charge in [0.05, 0.1) is 14.2 Å². The summed E-state index contributed by atoms with van der Waals surface area (Å²) in [5.41, 5.74) is 5.48. The Morgan fingerprint density at radius 2 is 1.59 bits per heavy atom. The highest BCUT2D eigenvalue weighted by Gasteiger charge is 2.36. The Kier molecular flexibility index (Phi) is 5.90. The quantitative estimate of drug-likeness (QED) is 0.382. The molecule has 0 aliphatic rings. The molecule has 17 heavy (non-hydrogen) atoms. The van der Waals surface area contributed by atoms with Crippen LogP contribution in [0.2, 0.25) is 0 Å². The summed E-state index contributed by atoms with van der Waals surface area (Å²) in [7, 11) is 2.17. The Labute approximate surface area is 98.5 Å². The first-order valence-corrected chi connectivity index (χ1v) is 4.62. The molecule has 0 heterocycles. The maximum atomic E-state index is 11.3. The molecule has 0 aliphatic carbocycles. The van der Waals surface area contributed by atoms with Gasteiger partial charge < -0.3 is 19.9 Å². The van der Waals surface area contributed by atoms with Crippen molar-refractivity contribution in [3.63, 3.8) is 0 Å². The van der Waals surface area contributed by atoms with E-state index in [0.29, 0.717) is 0 Å². The van der Waals surface area contributed by atoms with Crippen molar-refractivity contribution < 1.29 is 28.6 Å². The van der Waals surface area contributed by atoms with E-state index in [0.717, 1.165) is 14.2 Å². The van der Waals surface area contributed by atoms with Crippen molar-refractivity contribution >= 4 is 17.9 Å². The van der Waals surface area contributed by atoms with Crippen molar-refractivity contribution in [3.05, 3.63) is 12.2 Å². The Balaban J connectivity index is 4.89. The van der Waals surface area contributed by atoms with Crippen LogP contribution in [0.25, 0.3) is 0 Å². The van der Waals surface area contributed by atoms with Crippen molar-refractivity contribution in [2.24, 2.45) is 5.73 Å². The second kappa shape index (κ2) is 6.64. The van der Waals surface area contributed by atoms with Gasteiger partial charge in [0, 0.05) is 5.57 Å². The average Bonchev–Trinajstić information content (AvgIpc) is 2.32. The molecule has 96 valence electrons. The van der Waals surface area contributed by atoms with E-state index in [1.807, 2.05) is 0 Å². The molecule has 0 rings (SSSR count). The van der Waals surface area contributed by atoms with Crippen LogP contribution in [-0.4, -0.2) is 44.3 Å². The predicted molar refractivity (Wildman–Crippen MR) is 56.7 cm³/mol. The zero-order chi connectivity index (χ0) is 13.6. The van der Waals surface area contributed by atoms with Gasteiger partial charge in [-0.15, -0.1) is 0 Å². The highest BCUT2D eigenvalue weighted by atomic mass is 16.6. The van der Waals surface area contributed by atoms with E-state index in [2.05, 4.69) is 16.1 Å². The lowest BCUT2D eigenvalue weighted by atomic mass is 10.1. The summed E-state index contributed by atoms with van der Waals surface area (Å²) in [4.78, 5) is 33.7. The first kappa shape index (κ1) is 15.1. The Morgan fingerprint density at radius 1 is 1.12 bits per heavy atom. The molecule has 0 aromatic rings. The van der Waals surface area contributed by atoms with E-state index in [-0.39, 0.29) is 5.57 Å². The molecule has 2 N–H and O–H groups in total. The van der Waals surface area contributed by atoms with Crippen molar-refractivity contribution in [1.29, 1.82) is 0 Å². The molecular weight excluding hydrogens is 230 g/mol. The fraction of sp³-hybridized carbons (Fsp3) is 0.500. The normalized spacial score (nSPS) is 13.2. The third-order valence-electron chi connectivity index (χ3n) is 1.82. The first-order chi connectivity index (χ1) is 7.84. The van der Waals surface area contributed by atoms with E-state index in [1.54, 1.807) is 0 Å². The molecule has 0 aromatic heterocycles. The molecular formula is C10H15NO6. The second-order valence-electron chi connectivity index (χ2n) is 3.18. The lowest BCUT2D eigenvalue weighted by Crippen LogP contribution is -2.49. The van der Waals surface area contributed by atoms with Crippen LogP contribution in [0.5, 0.6) is 0 Å². The van der Waals surface area contributed by atoms with Crippen LogP contribution in [0.15, 0.2) is 12.2 Å². The van der Waals surface area contributed by atoms with Gasteiger partial charge in [-0.2, -0.15) is 0 Å². The van der Waals surface area contributed by atoms with Crippen LogP contribution < -0.4 is 5.73 Å². The van der Waals surface area contributed by atoms with E-state index in [1.165, 1.54) is 6.92 Å². The zero-order valence-electron chi connectivity index (χ0n) is 9.89. The summed E-state index contributed by atoms with van der Waals surface area (Å²) in [5.74, 6) is -2.69. The molecule has 7 nitrogen and oxygen atoms in total. The third kappa shape index (κ3) is 4.23. The molecule has 0 aliphatic heterocycles. The third-order valence-corrected chi connectivity index (χ3v) is 1.82. The summed E-state index contributed by atoms with van der Waals surface area (Å²) in [6, 6.07) is -1.45. The smallest absolute Gasteiger partial charge is 0.349 e. The minimum Gasteiger partial charge on any atom is -0.468 e. The van der Waals surface area contributed by atoms with Gasteiger partial charge in [0.2, 0.25) is 6.10 Å². The van der Waals surface area contributed by atoms with Crippen LogP contribution >= 0.6 is 0 Å². The summed E-state index contributed by atoms with van der Waals surface area (Å²) in [5, 5.41) is 0. The van der Waals surface area contributed by atoms with Crippen LogP contribution in [-0.2, 0) is 28.6 Å². The fourth-order valence-corrected chi connectivity index (χ4v) is 0.860. The maximum absolute atomic E-state index is 11.3. The number of rotatable bonds is 5. The summed E-state index contributed by atoms with van der Waals surface area (Å²) >= 11 is 0. The number of methoxy groups -OCH3 is 2. The highest BCUT2D eigenvalue weighted by Crippen LogP contribution is 2.05. The van der Waals surface area contributed by atoms with Crippen molar-refractivity contribution in [3.8, 4) is 0 Å². The van der Waals surface area contributed by atoms with Crippen molar-refractivity contribution in [2.75, 3.05) is 14.2 Å². The number of carbonyl (C=O) groups is 3. The fourth-order valence-electron chi connectivity index (χ4n) is 0.860. The monoisotopic (exact) mass is 245 g/mol. The number of hydrogen-bond acceptors (Lipinski definition) is 7. The molecule has 0 aromatic carbocycles.